The average Bonchev–Trinajstić information content (AvgIpc) is 3.53. The fourth-order valence-corrected chi connectivity index (χ4v) is 6.60. The zero-order valence-corrected chi connectivity index (χ0v) is 18.6. The molecule has 31 heavy (non-hydrogen) atoms. The van der Waals surface area contributed by atoms with Crippen LogP contribution in [0.25, 0.3) is 0 Å². The van der Waals surface area contributed by atoms with Crippen molar-refractivity contribution in [2.24, 2.45) is 5.92 Å². The van der Waals surface area contributed by atoms with E-state index >= 15 is 0 Å². The average molecular weight is 452 g/mol. The monoisotopic (exact) mass is 451 g/mol. The zero-order valence-electron chi connectivity index (χ0n) is 17.8. The zero-order chi connectivity index (χ0) is 22.2. The van der Waals surface area contributed by atoms with Crippen LogP contribution < -0.4 is 5.32 Å². The molecule has 2 heterocycles. The highest BCUT2D eigenvalue weighted by molar-refractivity contribution is 7.90. The van der Waals surface area contributed by atoms with Gasteiger partial charge in [0, 0.05) is 25.7 Å². The second-order valence-corrected chi connectivity index (χ2v) is 11.0. The van der Waals surface area contributed by atoms with Crippen molar-refractivity contribution in [2.45, 2.75) is 69.3 Å². The van der Waals surface area contributed by atoms with Gasteiger partial charge in [-0.1, -0.05) is 19.1 Å². The summed E-state index contributed by atoms with van der Waals surface area (Å²) in [6.45, 7) is 2.75. The topological polar surface area (TPSA) is 86.8 Å². The fraction of sp³-hybridized carbons (Fsp3) is 0.636. The first-order valence-electron chi connectivity index (χ1n) is 11.1. The van der Waals surface area contributed by atoms with E-state index in [1.54, 1.807) is 17.0 Å². The van der Waals surface area contributed by atoms with Crippen LogP contribution in [-0.4, -0.2) is 59.9 Å². The van der Waals surface area contributed by atoms with E-state index in [1.165, 1.54) is 16.4 Å². The molecule has 2 saturated heterocycles. The lowest BCUT2D eigenvalue weighted by Gasteiger charge is -2.38. The lowest BCUT2D eigenvalue weighted by atomic mass is 10.0. The summed E-state index contributed by atoms with van der Waals surface area (Å²) in [5.41, 5.74) is 0.788. The maximum Gasteiger partial charge on any atom is 0.243 e. The van der Waals surface area contributed by atoms with E-state index < -0.39 is 22.0 Å². The minimum Gasteiger partial charge on any atom is -0.350 e. The first kappa shape index (κ1) is 22.2. The molecule has 1 aromatic carbocycles. The molecule has 1 saturated carbocycles. The molecule has 3 fully saturated rings. The molecule has 0 unspecified atom stereocenters. The van der Waals surface area contributed by atoms with E-state index in [1.807, 2.05) is 6.92 Å². The molecule has 3 aliphatic rings. The number of nitrogens with one attached hydrogen (secondary N) is 1. The third-order valence-corrected chi connectivity index (χ3v) is 9.09. The molecule has 0 aromatic heterocycles. The predicted molar refractivity (Wildman–Crippen MR) is 114 cm³/mol. The number of halogens is 1. The van der Waals surface area contributed by atoms with E-state index in [2.05, 4.69) is 5.32 Å². The van der Waals surface area contributed by atoms with Gasteiger partial charge in [0.2, 0.25) is 21.8 Å². The van der Waals surface area contributed by atoms with Crippen LogP contribution in [0.1, 0.15) is 51.0 Å². The normalized spacial score (nSPS) is 27.5. The number of sulfonamides is 1. The number of rotatable bonds is 6. The second kappa shape index (κ2) is 8.86. The standard InChI is InChI=1S/C22H30FN3O4S/c1-2-16-14-25(31(29,30)19-8-9-19)12-11-18-7-10-20(26(18)22(16)28)21(27)24-13-15-3-5-17(23)6-4-15/h3-6,16,18-20H,2,7-14H2,1H3,(H,24,27)/t16-,18+,20-/m0/s1. The van der Waals surface area contributed by atoms with E-state index in [9.17, 15) is 22.4 Å². The largest absolute Gasteiger partial charge is 0.350 e. The Morgan fingerprint density at radius 2 is 1.84 bits per heavy atom. The molecule has 2 aliphatic heterocycles. The maximum atomic E-state index is 13.4. The highest BCUT2D eigenvalue weighted by atomic mass is 32.2. The van der Waals surface area contributed by atoms with Gasteiger partial charge in [-0.2, -0.15) is 0 Å². The van der Waals surface area contributed by atoms with Crippen molar-refractivity contribution in [2.75, 3.05) is 13.1 Å². The summed E-state index contributed by atoms with van der Waals surface area (Å²) in [5.74, 6) is -1.11. The summed E-state index contributed by atoms with van der Waals surface area (Å²) >= 11 is 0. The van der Waals surface area contributed by atoms with Gasteiger partial charge in [0.15, 0.2) is 0 Å². The van der Waals surface area contributed by atoms with Crippen molar-refractivity contribution in [3.63, 3.8) is 0 Å². The number of benzene rings is 1. The van der Waals surface area contributed by atoms with Crippen molar-refractivity contribution in [3.8, 4) is 0 Å². The third-order valence-electron chi connectivity index (χ3n) is 6.72. The molecule has 1 aromatic rings. The molecule has 1 N–H and O–H groups in total. The second-order valence-electron chi connectivity index (χ2n) is 8.83. The molecule has 0 spiro atoms. The van der Waals surface area contributed by atoms with Gasteiger partial charge >= 0.3 is 0 Å². The van der Waals surface area contributed by atoms with E-state index in [-0.39, 0.29) is 42.0 Å². The highest BCUT2D eigenvalue weighted by Gasteiger charge is 2.47. The first-order valence-corrected chi connectivity index (χ1v) is 12.6. The number of hydrogen-bond donors (Lipinski definition) is 1. The number of nitrogens with zero attached hydrogens (tertiary/aromatic N) is 2. The van der Waals surface area contributed by atoms with E-state index in [4.69, 9.17) is 0 Å². The van der Waals surface area contributed by atoms with Crippen LogP contribution in [-0.2, 0) is 26.2 Å². The molecular weight excluding hydrogens is 421 g/mol. The summed E-state index contributed by atoms with van der Waals surface area (Å²) in [5, 5.41) is 2.59. The van der Waals surface area contributed by atoms with Gasteiger partial charge < -0.3 is 10.2 Å². The van der Waals surface area contributed by atoms with Gasteiger partial charge in [-0.05, 0) is 56.2 Å². The van der Waals surface area contributed by atoms with Gasteiger partial charge in [-0.15, -0.1) is 0 Å². The van der Waals surface area contributed by atoms with Crippen molar-refractivity contribution in [1.82, 2.24) is 14.5 Å². The lowest BCUT2D eigenvalue weighted by Crippen LogP contribution is -2.55. The molecule has 9 heteroatoms. The molecule has 4 rings (SSSR count). The summed E-state index contributed by atoms with van der Waals surface area (Å²) in [4.78, 5) is 28.0. The van der Waals surface area contributed by atoms with Crippen molar-refractivity contribution < 1.29 is 22.4 Å². The van der Waals surface area contributed by atoms with Crippen molar-refractivity contribution in [3.05, 3.63) is 35.6 Å². The lowest BCUT2D eigenvalue weighted by molar-refractivity contribution is -0.145. The van der Waals surface area contributed by atoms with Gasteiger partial charge in [0.25, 0.3) is 0 Å². The van der Waals surface area contributed by atoms with Crippen LogP contribution in [0.3, 0.4) is 0 Å². The van der Waals surface area contributed by atoms with Crippen LogP contribution in [0, 0.1) is 11.7 Å². The molecule has 0 radical (unpaired) electrons. The number of carbonyl (C=O) groups is 2. The minimum absolute atomic E-state index is 0.123. The first-order chi connectivity index (χ1) is 14.8. The Balaban J connectivity index is 1.46. The van der Waals surface area contributed by atoms with Crippen molar-refractivity contribution >= 4 is 21.8 Å². The molecule has 1 aliphatic carbocycles. The van der Waals surface area contributed by atoms with E-state index in [0.717, 1.165) is 5.56 Å². The SMILES string of the molecule is CC[C@H]1CN(S(=O)(=O)C2CC2)CC[C@H]2CC[C@@H](C(=O)NCc3ccc(F)cc3)N2C1=O. The summed E-state index contributed by atoms with van der Waals surface area (Å²) < 4.78 is 40.2. The summed E-state index contributed by atoms with van der Waals surface area (Å²) in [6.07, 6.45) is 3.75. The van der Waals surface area contributed by atoms with Gasteiger partial charge in [0.05, 0.1) is 11.2 Å². The fourth-order valence-electron chi connectivity index (χ4n) is 4.70. The van der Waals surface area contributed by atoms with Crippen LogP contribution in [0.4, 0.5) is 4.39 Å². The Morgan fingerprint density at radius 1 is 1.13 bits per heavy atom. The number of carbonyl (C=O) groups excluding carboxylic acids is 2. The smallest absolute Gasteiger partial charge is 0.243 e. The number of amides is 2. The van der Waals surface area contributed by atoms with Gasteiger partial charge in [-0.3, -0.25) is 9.59 Å². The minimum atomic E-state index is -3.34. The van der Waals surface area contributed by atoms with Crippen LogP contribution in [0.5, 0.6) is 0 Å². The third kappa shape index (κ3) is 4.62. The molecule has 0 bridgehead atoms. The van der Waals surface area contributed by atoms with Crippen LogP contribution in [0.15, 0.2) is 24.3 Å². The Morgan fingerprint density at radius 3 is 2.48 bits per heavy atom. The molecule has 3 atom stereocenters. The van der Waals surface area contributed by atoms with E-state index in [0.29, 0.717) is 45.1 Å². The molecular formula is C22H30FN3O4S. The summed E-state index contributed by atoms with van der Waals surface area (Å²) in [7, 11) is -3.34. The van der Waals surface area contributed by atoms with Crippen LogP contribution >= 0.6 is 0 Å². The molecule has 7 nitrogen and oxygen atoms in total. The summed E-state index contributed by atoms with van der Waals surface area (Å²) in [6, 6.07) is 5.27. The van der Waals surface area contributed by atoms with Gasteiger partial charge in [0.1, 0.15) is 11.9 Å². The molecule has 170 valence electrons. The Kier molecular flexibility index (Phi) is 6.35. The predicted octanol–water partition coefficient (Wildman–Crippen LogP) is 2.03. The Labute approximate surface area is 183 Å². The Hall–Kier alpha value is -2.00. The van der Waals surface area contributed by atoms with Gasteiger partial charge in [-0.25, -0.2) is 17.1 Å². The highest BCUT2D eigenvalue weighted by Crippen LogP contribution is 2.35. The Bertz CT molecular complexity index is 933. The molecule has 2 amide bonds. The maximum absolute atomic E-state index is 13.4. The quantitative estimate of drug-likeness (QED) is 0.717. The number of fused-ring (bicyclic) bond motifs is 1. The van der Waals surface area contributed by atoms with Crippen molar-refractivity contribution in [1.29, 1.82) is 0 Å². The van der Waals surface area contributed by atoms with Crippen LogP contribution in [0.2, 0.25) is 0 Å². The number of hydrogen-bond acceptors (Lipinski definition) is 4.